The Kier molecular flexibility index (Phi) is 7.19. The van der Waals surface area contributed by atoms with Crippen molar-refractivity contribution in [2.45, 2.75) is 46.3 Å². The second kappa shape index (κ2) is 7.55. The van der Waals surface area contributed by atoms with Crippen molar-refractivity contribution in [2.24, 2.45) is 5.73 Å². The van der Waals surface area contributed by atoms with Crippen molar-refractivity contribution in [1.29, 1.82) is 0 Å². The van der Waals surface area contributed by atoms with Crippen LogP contribution in [-0.4, -0.2) is 44.1 Å². The Morgan fingerprint density at radius 2 is 1.89 bits per heavy atom. The molecule has 0 saturated carbocycles. The van der Waals surface area contributed by atoms with Crippen LogP contribution in [0.5, 0.6) is 0 Å². The van der Waals surface area contributed by atoms with Crippen LogP contribution in [0.1, 0.15) is 34.1 Å². The van der Waals surface area contributed by atoms with Crippen molar-refractivity contribution >= 4 is 16.3 Å². The summed E-state index contributed by atoms with van der Waals surface area (Å²) >= 11 is 0. The van der Waals surface area contributed by atoms with Crippen LogP contribution in [0.4, 0.5) is 4.79 Å². The first-order valence-corrected chi connectivity index (χ1v) is 7.35. The highest BCUT2D eigenvalue weighted by molar-refractivity contribution is 7.87. The Hall–Kier alpha value is -0.860. The van der Waals surface area contributed by atoms with Gasteiger partial charge in [-0.15, -0.1) is 0 Å². The molecule has 7 nitrogen and oxygen atoms in total. The van der Waals surface area contributed by atoms with Gasteiger partial charge in [0.2, 0.25) is 0 Å². The molecule has 0 saturated heterocycles. The van der Waals surface area contributed by atoms with Crippen molar-refractivity contribution in [1.82, 2.24) is 9.03 Å². The first-order chi connectivity index (χ1) is 8.20. The molecule has 0 rings (SSSR count). The Bertz CT molecular complexity index is 354. The Balaban J connectivity index is 4.69. The van der Waals surface area contributed by atoms with Crippen LogP contribution in [0.3, 0.4) is 0 Å². The van der Waals surface area contributed by atoms with Crippen LogP contribution in [0.2, 0.25) is 0 Å². The maximum absolute atomic E-state index is 11.9. The lowest BCUT2D eigenvalue weighted by atomic mass is 10.3. The Morgan fingerprint density at radius 1 is 1.33 bits per heavy atom. The van der Waals surface area contributed by atoms with Crippen molar-refractivity contribution in [3.63, 3.8) is 0 Å². The second-order valence-electron chi connectivity index (χ2n) is 4.41. The van der Waals surface area contributed by atoms with E-state index in [9.17, 15) is 13.2 Å². The van der Waals surface area contributed by atoms with Crippen LogP contribution >= 0.6 is 0 Å². The van der Waals surface area contributed by atoms with E-state index in [-0.39, 0.29) is 18.7 Å². The Labute approximate surface area is 109 Å². The molecule has 0 aromatic carbocycles. The van der Waals surface area contributed by atoms with E-state index in [0.29, 0.717) is 13.0 Å². The summed E-state index contributed by atoms with van der Waals surface area (Å²) in [7, 11) is -3.89. The SMILES string of the molecule is CC(C)OC(=O)NS(=O)(=O)N(CCCN)C(C)C. The van der Waals surface area contributed by atoms with E-state index in [0.717, 1.165) is 0 Å². The summed E-state index contributed by atoms with van der Waals surface area (Å²) in [5, 5.41) is 0. The fourth-order valence-electron chi connectivity index (χ4n) is 1.31. The predicted molar refractivity (Wildman–Crippen MR) is 69.2 cm³/mol. The van der Waals surface area contributed by atoms with Crippen LogP contribution in [0.15, 0.2) is 0 Å². The molecule has 3 N–H and O–H groups in total. The zero-order valence-electron chi connectivity index (χ0n) is 11.3. The van der Waals surface area contributed by atoms with Crippen molar-refractivity contribution in [3.8, 4) is 0 Å². The summed E-state index contributed by atoms with van der Waals surface area (Å²) in [5.74, 6) is 0. The van der Waals surface area contributed by atoms with Crippen LogP contribution in [-0.2, 0) is 14.9 Å². The normalized spacial score (nSPS) is 12.2. The van der Waals surface area contributed by atoms with Gasteiger partial charge in [-0.05, 0) is 40.7 Å². The number of carbonyl (C=O) groups is 1. The summed E-state index contributed by atoms with van der Waals surface area (Å²) in [6.45, 7) is 7.38. The fourth-order valence-corrected chi connectivity index (χ4v) is 2.61. The van der Waals surface area contributed by atoms with E-state index in [4.69, 9.17) is 10.5 Å². The average molecular weight is 281 g/mol. The quantitative estimate of drug-likeness (QED) is 0.704. The molecule has 0 aliphatic heterocycles. The third kappa shape index (κ3) is 6.18. The highest BCUT2D eigenvalue weighted by Gasteiger charge is 2.27. The molecular weight excluding hydrogens is 258 g/mol. The largest absolute Gasteiger partial charge is 0.446 e. The van der Waals surface area contributed by atoms with Gasteiger partial charge in [0.25, 0.3) is 0 Å². The first-order valence-electron chi connectivity index (χ1n) is 5.91. The molecule has 1 amide bonds. The minimum Gasteiger partial charge on any atom is -0.446 e. The highest BCUT2D eigenvalue weighted by atomic mass is 32.2. The molecule has 0 aromatic heterocycles. The van der Waals surface area contributed by atoms with E-state index in [2.05, 4.69) is 0 Å². The van der Waals surface area contributed by atoms with Crippen molar-refractivity contribution in [3.05, 3.63) is 0 Å². The summed E-state index contributed by atoms with van der Waals surface area (Å²) < 4.78 is 31.7. The molecule has 0 aliphatic rings. The van der Waals surface area contributed by atoms with E-state index in [1.165, 1.54) is 4.31 Å². The number of hydrogen-bond acceptors (Lipinski definition) is 5. The lowest BCUT2D eigenvalue weighted by molar-refractivity contribution is 0.121. The summed E-state index contributed by atoms with van der Waals surface area (Å²) in [5.41, 5.74) is 5.35. The zero-order chi connectivity index (χ0) is 14.3. The molecule has 108 valence electrons. The van der Waals surface area contributed by atoms with Gasteiger partial charge in [-0.3, -0.25) is 0 Å². The number of rotatable bonds is 7. The van der Waals surface area contributed by atoms with Gasteiger partial charge in [0, 0.05) is 12.6 Å². The number of amides is 1. The lowest BCUT2D eigenvalue weighted by Gasteiger charge is -2.25. The van der Waals surface area contributed by atoms with Crippen LogP contribution < -0.4 is 10.5 Å². The minimum atomic E-state index is -3.89. The number of nitrogens with one attached hydrogen (secondary N) is 1. The van der Waals surface area contributed by atoms with Crippen molar-refractivity contribution < 1.29 is 17.9 Å². The molecule has 0 radical (unpaired) electrons. The van der Waals surface area contributed by atoms with Gasteiger partial charge < -0.3 is 10.5 Å². The van der Waals surface area contributed by atoms with Gasteiger partial charge in [-0.1, -0.05) is 0 Å². The topological polar surface area (TPSA) is 102 Å². The third-order valence-corrected chi connectivity index (χ3v) is 3.67. The number of carbonyl (C=O) groups excluding carboxylic acids is 1. The van der Waals surface area contributed by atoms with Gasteiger partial charge in [0.15, 0.2) is 0 Å². The summed E-state index contributed by atoms with van der Waals surface area (Å²) in [6.07, 6.45) is -0.821. The monoisotopic (exact) mass is 281 g/mol. The number of nitrogens with two attached hydrogens (primary N) is 1. The molecule has 0 atom stereocenters. The van der Waals surface area contributed by atoms with Gasteiger partial charge in [-0.25, -0.2) is 9.52 Å². The molecule has 18 heavy (non-hydrogen) atoms. The molecule has 0 fully saturated rings. The minimum absolute atomic E-state index is 0.262. The maximum atomic E-state index is 11.9. The standard InChI is InChI=1S/C10H23N3O4S/c1-8(2)13(7-5-6-11)18(15,16)12-10(14)17-9(3)4/h8-9H,5-7,11H2,1-4H3,(H,12,14). The smallest absolute Gasteiger partial charge is 0.422 e. The second-order valence-corrected chi connectivity index (χ2v) is 6.03. The van der Waals surface area contributed by atoms with E-state index in [1.807, 2.05) is 4.72 Å². The molecule has 0 aromatic rings. The van der Waals surface area contributed by atoms with E-state index >= 15 is 0 Å². The van der Waals surface area contributed by atoms with Crippen molar-refractivity contribution in [2.75, 3.05) is 13.1 Å². The van der Waals surface area contributed by atoms with Gasteiger partial charge >= 0.3 is 16.3 Å². The predicted octanol–water partition coefficient (Wildman–Crippen LogP) is 0.425. The lowest BCUT2D eigenvalue weighted by Crippen LogP contribution is -2.47. The zero-order valence-corrected chi connectivity index (χ0v) is 12.2. The number of ether oxygens (including phenoxy) is 1. The maximum Gasteiger partial charge on any atom is 0.422 e. The molecule has 0 aliphatic carbocycles. The average Bonchev–Trinajstić information content (AvgIpc) is 2.14. The summed E-state index contributed by atoms with van der Waals surface area (Å²) in [6, 6.07) is -0.263. The third-order valence-electron chi connectivity index (χ3n) is 2.02. The van der Waals surface area contributed by atoms with Crippen LogP contribution in [0.25, 0.3) is 0 Å². The fraction of sp³-hybridized carbons (Fsp3) is 0.900. The van der Waals surface area contributed by atoms with Gasteiger partial charge in [0.1, 0.15) is 0 Å². The molecule has 0 bridgehead atoms. The van der Waals surface area contributed by atoms with E-state index in [1.54, 1.807) is 27.7 Å². The molecule has 0 heterocycles. The molecular formula is C10H23N3O4S. The Morgan fingerprint density at radius 3 is 2.28 bits per heavy atom. The first kappa shape index (κ1) is 17.1. The van der Waals surface area contributed by atoms with Gasteiger partial charge in [0.05, 0.1) is 6.10 Å². The van der Waals surface area contributed by atoms with Gasteiger partial charge in [-0.2, -0.15) is 12.7 Å². The molecule has 0 unspecified atom stereocenters. The number of nitrogens with zero attached hydrogens (tertiary/aromatic N) is 1. The number of hydrogen-bond donors (Lipinski definition) is 2. The highest BCUT2D eigenvalue weighted by Crippen LogP contribution is 2.06. The van der Waals surface area contributed by atoms with Crippen LogP contribution in [0, 0.1) is 0 Å². The van der Waals surface area contributed by atoms with E-state index < -0.39 is 16.3 Å². The molecule has 0 spiro atoms. The molecule has 8 heteroatoms. The summed E-state index contributed by atoms with van der Waals surface area (Å²) in [4.78, 5) is 11.3.